The third kappa shape index (κ3) is 1.51. The van der Waals surface area contributed by atoms with Gasteiger partial charge in [-0.3, -0.25) is 0 Å². The van der Waals surface area contributed by atoms with Gasteiger partial charge in [0, 0.05) is 4.47 Å². The Hall–Kier alpha value is -0.220. The summed E-state index contributed by atoms with van der Waals surface area (Å²) >= 11 is 6.44. The van der Waals surface area contributed by atoms with E-state index in [4.69, 9.17) is 5.73 Å². The third-order valence-electron chi connectivity index (χ3n) is 1.41. The molecule has 0 radical (unpaired) electrons. The molecule has 1 aromatic carbocycles. The van der Waals surface area contributed by atoms with Gasteiger partial charge in [0.05, 0.1) is 10.2 Å². The minimum Gasteiger partial charge on any atom is -0.505 e. The molecule has 0 spiro atoms. The van der Waals surface area contributed by atoms with Crippen LogP contribution in [0.1, 0.15) is 5.56 Å². The fraction of sp³-hybridized carbons (Fsp3) is 0.143. The SMILES string of the molecule is Cc1cc(Br)c(O)c(N)c1Br. The number of nitrogen functional groups attached to an aromatic ring is 1. The number of benzene rings is 1. The van der Waals surface area contributed by atoms with Crippen LogP contribution in [0.4, 0.5) is 5.69 Å². The average Bonchev–Trinajstić information content (AvgIpc) is 1.97. The highest BCUT2D eigenvalue weighted by Crippen LogP contribution is 2.37. The molecule has 0 aliphatic carbocycles. The summed E-state index contributed by atoms with van der Waals surface area (Å²) in [5, 5.41) is 9.31. The fourth-order valence-corrected chi connectivity index (χ4v) is 1.63. The first-order valence-electron chi connectivity index (χ1n) is 2.97. The number of anilines is 1. The first-order chi connectivity index (χ1) is 5.04. The lowest BCUT2D eigenvalue weighted by Gasteiger charge is -2.06. The monoisotopic (exact) mass is 279 g/mol. The van der Waals surface area contributed by atoms with Crippen molar-refractivity contribution in [3.8, 4) is 5.75 Å². The zero-order chi connectivity index (χ0) is 8.59. The molecular formula is C7H7Br2NO. The number of phenols is 1. The Morgan fingerprint density at radius 1 is 1.45 bits per heavy atom. The van der Waals surface area contributed by atoms with E-state index in [1.54, 1.807) is 6.07 Å². The quantitative estimate of drug-likeness (QED) is 0.567. The average molecular weight is 281 g/mol. The van der Waals surface area contributed by atoms with Crippen molar-refractivity contribution >= 4 is 37.5 Å². The molecule has 0 aliphatic rings. The van der Waals surface area contributed by atoms with Gasteiger partial charge >= 0.3 is 0 Å². The molecule has 1 aromatic rings. The summed E-state index contributed by atoms with van der Waals surface area (Å²) in [6, 6.07) is 1.80. The van der Waals surface area contributed by atoms with Crippen molar-refractivity contribution in [3.05, 3.63) is 20.6 Å². The van der Waals surface area contributed by atoms with Crippen molar-refractivity contribution in [2.75, 3.05) is 5.73 Å². The molecule has 11 heavy (non-hydrogen) atoms. The Morgan fingerprint density at radius 2 is 2.00 bits per heavy atom. The van der Waals surface area contributed by atoms with Gasteiger partial charge in [0.1, 0.15) is 0 Å². The maximum Gasteiger partial charge on any atom is 0.153 e. The zero-order valence-corrected chi connectivity index (χ0v) is 9.03. The van der Waals surface area contributed by atoms with Crippen LogP contribution in [0, 0.1) is 6.92 Å². The molecule has 0 unspecified atom stereocenters. The molecule has 0 saturated heterocycles. The predicted octanol–water partition coefficient (Wildman–Crippen LogP) is 2.81. The molecule has 0 atom stereocenters. The number of halogens is 2. The lowest BCUT2D eigenvalue weighted by Crippen LogP contribution is -1.90. The summed E-state index contributed by atoms with van der Waals surface area (Å²) in [6.07, 6.45) is 0. The Kier molecular flexibility index (Phi) is 2.44. The van der Waals surface area contributed by atoms with E-state index < -0.39 is 0 Å². The zero-order valence-electron chi connectivity index (χ0n) is 5.86. The predicted molar refractivity (Wildman–Crippen MR) is 52.7 cm³/mol. The Bertz CT molecular complexity index is 273. The molecule has 0 aliphatic heterocycles. The van der Waals surface area contributed by atoms with E-state index in [0.717, 1.165) is 10.0 Å². The maximum atomic E-state index is 9.31. The van der Waals surface area contributed by atoms with Gasteiger partial charge in [0.15, 0.2) is 5.75 Å². The van der Waals surface area contributed by atoms with E-state index in [1.165, 1.54) is 0 Å². The topological polar surface area (TPSA) is 46.2 Å². The van der Waals surface area contributed by atoms with Crippen LogP contribution < -0.4 is 5.73 Å². The highest BCUT2D eigenvalue weighted by atomic mass is 79.9. The summed E-state index contributed by atoms with van der Waals surface area (Å²) in [7, 11) is 0. The fourth-order valence-electron chi connectivity index (χ4n) is 0.767. The van der Waals surface area contributed by atoms with Gasteiger partial charge in [-0.1, -0.05) is 0 Å². The van der Waals surface area contributed by atoms with E-state index in [9.17, 15) is 5.11 Å². The summed E-state index contributed by atoms with van der Waals surface area (Å²) in [4.78, 5) is 0. The van der Waals surface area contributed by atoms with Crippen LogP contribution >= 0.6 is 31.9 Å². The molecule has 0 saturated carbocycles. The van der Waals surface area contributed by atoms with Crippen LogP contribution in [0.3, 0.4) is 0 Å². The molecule has 2 nitrogen and oxygen atoms in total. The summed E-state index contributed by atoms with van der Waals surface area (Å²) in [5.41, 5.74) is 6.92. The minimum atomic E-state index is 0.0856. The largest absolute Gasteiger partial charge is 0.505 e. The lowest BCUT2D eigenvalue weighted by molar-refractivity contribution is 0.474. The van der Waals surface area contributed by atoms with Crippen LogP contribution in [0.2, 0.25) is 0 Å². The van der Waals surface area contributed by atoms with Crippen molar-refractivity contribution in [3.63, 3.8) is 0 Å². The summed E-state index contributed by atoms with van der Waals surface area (Å²) in [6.45, 7) is 1.91. The summed E-state index contributed by atoms with van der Waals surface area (Å²) < 4.78 is 1.37. The Morgan fingerprint density at radius 3 is 2.55 bits per heavy atom. The number of hydrogen-bond acceptors (Lipinski definition) is 2. The van der Waals surface area contributed by atoms with E-state index in [1.807, 2.05) is 6.92 Å². The van der Waals surface area contributed by atoms with E-state index in [-0.39, 0.29) is 5.75 Å². The molecule has 0 heterocycles. The second kappa shape index (κ2) is 3.03. The van der Waals surface area contributed by atoms with Crippen LogP contribution in [-0.4, -0.2) is 5.11 Å². The van der Waals surface area contributed by atoms with Gasteiger partial charge in [-0.15, -0.1) is 0 Å². The van der Waals surface area contributed by atoms with E-state index in [0.29, 0.717) is 10.2 Å². The lowest BCUT2D eigenvalue weighted by atomic mass is 10.2. The number of phenolic OH excluding ortho intramolecular Hbond substituents is 1. The number of aryl methyl sites for hydroxylation is 1. The second-order valence-corrected chi connectivity index (χ2v) is 3.90. The Balaban J connectivity index is 3.46. The van der Waals surface area contributed by atoms with Crippen LogP contribution in [0.25, 0.3) is 0 Å². The van der Waals surface area contributed by atoms with Crippen molar-refractivity contribution in [2.24, 2.45) is 0 Å². The van der Waals surface area contributed by atoms with Crippen molar-refractivity contribution in [1.29, 1.82) is 0 Å². The number of nitrogens with two attached hydrogens (primary N) is 1. The van der Waals surface area contributed by atoms with Crippen LogP contribution in [0.15, 0.2) is 15.0 Å². The number of rotatable bonds is 0. The van der Waals surface area contributed by atoms with E-state index >= 15 is 0 Å². The number of aromatic hydroxyl groups is 1. The molecule has 0 bridgehead atoms. The molecular weight excluding hydrogens is 274 g/mol. The normalized spacial score (nSPS) is 10.1. The smallest absolute Gasteiger partial charge is 0.153 e. The molecule has 0 amide bonds. The van der Waals surface area contributed by atoms with E-state index in [2.05, 4.69) is 31.9 Å². The van der Waals surface area contributed by atoms with Crippen molar-refractivity contribution < 1.29 is 5.11 Å². The number of hydrogen-bond donors (Lipinski definition) is 2. The van der Waals surface area contributed by atoms with Crippen LogP contribution in [0.5, 0.6) is 5.75 Å². The molecule has 0 aromatic heterocycles. The van der Waals surface area contributed by atoms with Gasteiger partial charge in [-0.2, -0.15) is 0 Å². The van der Waals surface area contributed by atoms with Crippen molar-refractivity contribution in [2.45, 2.75) is 6.92 Å². The third-order valence-corrected chi connectivity index (χ3v) is 3.06. The summed E-state index contributed by atoms with van der Waals surface area (Å²) in [5.74, 6) is 0.0856. The van der Waals surface area contributed by atoms with Gasteiger partial charge in [-0.25, -0.2) is 0 Å². The standard InChI is InChI=1S/C7H7Br2NO/c1-3-2-4(8)7(11)6(10)5(3)9/h2,11H,10H2,1H3. The highest BCUT2D eigenvalue weighted by Gasteiger charge is 2.08. The highest BCUT2D eigenvalue weighted by molar-refractivity contribution is 9.11. The molecule has 3 N–H and O–H groups in total. The molecule has 0 fully saturated rings. The van der Waals surface area contributed by atoms with Gasteiger partial charge in [0.2, 0.25) is 0 Å². The minimum absolute atomic E-state index is 0.0856. The molecule has 1 rings (SSSR count). The molecule has 60 valence electrons. The first kappa shape index (κ1) is 8.87. The van der Waals surface area contributed by atoms with Crippen molar-refractivity contribution in [1.82, 2.24) is 0 Å². The molecule has 4 heteroatoms. The Labute approximate surface area is 81.7 Å². The van der Waals surface area contributed by atoms with Gasteiger partial charge in [-0.05, 0) is 50.4 Å². The van der Waals surface area contributed by atoms with Gasteiger partial charge in [0.25, 0.3) is 0 Å². The first-order valence-corrected chi connectivity index (χ1v) is 4.55. The second-order valence-electron chi connectivity index (χ2n) is 2.25. The van der Waals surface area contributed by atoms with Gasteiger partial charge < -0.3 is 10.8 Å². The maximum absolute atomic E-state index is 9.31. The van der Waals surface area contributed by atoms with Crippen LogP contribution in [-0.2, 0) is 0 Å².